The summed E-state index contributed by atoms with van der Waals surface area (Å²) in [5.74, 6) is -2.85. The molecule has 0 radical (unpaired) electrons. The van der Waals surface area contributed by atoms with Crippen LogP contribution in [0, 0.1) is 39.4 Å². The van der Waals surface area contributed by atoms with E-state index in [4.69, 9.17) is 4.74 Å². The normalized spacial score (nSPS) is 42.4. The number of carbonyl (C=O) groups excluding carboxylic acids is 4. The van der Waals surface area contributed by atoms with Crippen LogP contribution in [0.5, 0.6) is 0 Å². The summed E-state index contributed by atoms with van der Waals surface area (Å²) >= 11 is 0. The highest BCUT2D eigenvalue weighted by Gasteiger charge is 2.74. The molecule has 3 saturated carbocycles. The van der Waals surface area contributed by atoms with Gasteiger partial charge in [0.05, 0.1) is 6.10 Å². The largest absolute Gasteiger partial charge is 0.456 e. The van der Waals surface area contributed by atoms with Crippen molar-refractivity contribution in [2.24, 2.45) is 39.4 Å². The third kappa shape index (κ3) is 4.11. The molecule has 0 amide bonds. The number of ether oxygens (including phenoxy) is 1. The molecule has 0 bridgehead atoms. The van der Waals surface area contributed by atoms with Gasteiger partial charge in [-0.05, 0) is 88.7 Å². The Morgan fingerprint density at radius 1 is 1.05 bits per heavy atom. The number of carbonyl (C=O) groups is 4. The minimum absolute atomic E-state index is 0.0284. The van der Waals surface area contributed by atoms with Crippen LogP contribution in [0.25, 0.3) is 0 Å². The first-order chi connectivity index (χ1) is 18.1. The zero-order valence-corrected chi connectivity index (χ0v) is 25.3. The van der Waals surface area contributed by atoms with E-state index in [-0.39, 0.29) is 36.2 Å². The van der Waals surface area contributed by atoms with E-state index < -0.39 is 62.7 Å². The zero-order valence-electron chi connectivity index (χ0n) is 25.3. The number of aliphatic hydroxyl groups is 3. The Hall–Kier alpha value is -2.16. The number of hydrogen-bond acceptors (Lipinski definition) is 8. The van der Waals surface area contributed by atoms with Crippen molar-refractivity contribution >= 4 is 23.3 Å². The maximum Gasteiger partial charge on any atom is 0.303 e. The molecule has 0 aromatic rings. The van der Waals surface area contributed by atoms with Crippen molar-refractivity contribution in [3.8, 4) is 0 Å². The Labute approximate surface area is 237 Å². The fourth-order valence-electron chi connectivity index (χ4n) is 9.40. The molecule has 4 aliphatic rings. The first-order valence-electron chi connectivity index (χ1n) is 14.4. The molecule has 3 fully saturated rings. The van der Waals surface area contributed by atoms with Crippen molar-refractivity contribution in [3.05, 3.63) is 23.8 Å². The highest BCUT2D eigenvalue weighted by Crippen LogP contribution is 2.74. The number of allylic oxidation sites excluding steroid dienone is 2. The Morgan fingerprint density at radius 3 is 2.23 bits per heavy atom. The molecule has 0 spiro atoms. The lowest BCUT2D eigenvalue weighted by Gasteiger charge is -2.64. The average molecular weight is 559 g/mol. The number of rotatable bonds is 5. The van der Waals surface area contributed by atoms with Crippen LogP contribution in [0.3, 0.4) is 0 Å². The van der Waals surface area contributed by atoms with Gasteiger partial charge in [0.25, 0.3) is 0 Å². The molecule has 4 rings (SSSR count). The Kier molecular flexibility index (Phi) is 7.06. The number of fused-ring (bicyclic) bond motifs is 5. The van der Waals surface area contributed by atoms with Gasteiger partial charge in [-0.1, -0.05) is 32.4 Å². The number of esters is 1. The number of ketones is 3. The lowest BCUT2D eigenvalue weighted by molar-refractivity contribution is -0.183. The molecular formula is C32H46O8. The standard InChI is InChI=1S/C32H46O8/c1-17(33)40-27(2,3)13-12-23(36)32(9,39)25-21(35)15-29(6)22-11-10-18-19(14-20(34)26(38)28(18,4)5)31(22,8)24(37)16-30(25,29)7/h10,12-13,19-22,25,34-35,39H,11,14-16H2,1-9H3/b13-12-/t19-,20+,21-,22+,25+,29+,30-,31+,32+/m1/s1. The highest BCUT2D eigenvalue weighted by molar-refractivity contribution is 5.98. The SMILES string of the molecule is CC(=O)OC(C)(C)/C=C\C(=O)[C@](C)(O)[C@H]1[C@H](O)C[C@@]2(C)[C@@H]3CC=C4[C@@H](C[C@H](O)C(=O)C4(C)C)[C@]3(C)C(=O)C[C@]12C. The number of hydrogen-bond donors (Lipinski definition) is 3. The van der Waals surface area contributed by atoms with Gasteiger partial charge in [0.1, 0.15) is 23.1 Å². The van der Waals surface area contributed by atoms with Crippen molar-refractivity contribution in [1.29, 1.82) is 0 Å². The van der Waals surface area contributed by atoms with E-state index >= 15 is 0 Å². The minimum atomic E-state index is -1.99. The third-order valence-electron chi connectivity index (χ3n) is 11.5. The summed E-state index contributed by atoms with van der Waals surface area (Å²) in [6.07, 6.45) is 3.55. The number of Topliss-reactive ketones (excluding diaryl/α,β-unsaturated/α-hetero) is 2. The summed E-state index contributed by atoms with van der Waals surface area (Å²) in [7, 11) is 0. The quantitative estimate of drug-likeness (QED) is 0.265. The van der Waals surface area contributed by atoms with Crippen LogP contribution in [-0.4, -0.2) is 62.0 Å². The highest BCUT2D eigenvalue weighted by atomic mass is 16.6. The van der Waals surface area contributed by atoms with Crippen molar-refractivity contribution in [2.75, 3.05) is 0 Å². The summed E-state index contributed by atoms with van der Waals surface area (Å²) < 4.78 is 5.23. The molecule has 0 aliphatic heterocycles. The molecule has 0 aromatic carbocycles. The molecule has 4 aliphatic carbocycles. The van der Waals surface area contributed by atoms with Crippen LogP contribution in [0.15, 0.2) is 23.8 Å². The molecular weight excluding hydrogens is 512 g/mol. The summed E-state index contributed by atoms with van der Waals surface area (Å²) in [5, 5.41) is 34.0. The van der Waals surface area contributed by atoms with Gasteiger partial charge in [-0.3, -0.25) is 19.2 Å². The Morgan fingerprint density at radius 2 is 1.65 bits per heavy atom. The summed E-state index contributed by atoms with van der Waals surface area (Å²) in [6.45, 7) is 15.4. The van der Waals surface area contributed by atoms with Crippen LogP contribution in [-0.2, 0) is 23.9 Å². The van der Waals surface area contributed by atoms with Crippen LogP contribution < -0.4 is 0 Å². The predicted octanol–water partition coefficient (Wildman–Crippen LogP) is 3.50. The molecule has 0 saturated heterocycles. The Bertz CT molecular complexity index is 1210. The van der Waals surface area contributed by atoms with E-state index in [1.54, 1.807) is 13.8 Å². The van der Waals surface area contributed by atoms with Crippen LogP contribution in [0.1, 0.15) is 88.0 Å². The van der Waals surface area contributed by atoms with Crippen LogP contribution in [0.2, 0.25) is 0 Å². The summed E-state index contributed by atoms with van der Waals surface area (Å²) in [5.41, 5.74) is -5.43. The fraction of sp³-hybridized carbons (Fsp3) is 0.750. The third-order valence-corrected chi connectivity index (χ3v) is 11.5. The first kappa shape index (κ1) is 30.8. The molecule has 8 heteroatoms. The van der Waals surface area contributed by atoms with E-state index in [9.17, 15) is 34.5 Å². The van der Waals surface area contributed by atoms with E-state index in [2.05, 4.69) is 13.0 Å². The molecule has 222 valence electrons. The summed E-state index contributed by atoms with van der Waals surface area (Å²) in [6, 6.07) is 0. The lowest BCUT2D eigenvalue weighted by Crippen LogP contribution is -2.65. The van der Waals surface area contributed by atoms with E-state index in [1.807, 2.05) is 27.7 Å². The monoisotopic (exact) mass is 558 g/mol. The average Bonchev–Trinajstić information content (AvgIpc) is 3.01. The molecule has 9 atom stereocenters. The molecule has 40 heavy (non-hydrogen) atoms. The second-order valence-corrected chi connectivity index (χ2v) is 14.8. The topological polar surface area (TPSA) is 138 Å². The maximum absolute atomic E-state index is 14.3. The Balaban J connectivity index is 1.75. The first-order valence-corrected chi connectivity index (χ1v) is 14.4. The molecule has 0 heterocycles. The fourth-order valence-corrected chi connectivity index (χ4v) is 9.40. The molecule has 0 aromatic heterocycles. The van der Waals surface area contributed by atoms with Crippen molar-refractivity contribution in [1.82, 2.24) is 0 Å². The van der Waals surface area contributed by atoms with E-state index in [0.29, 0.717) is 12.8 Å². The van der Waals surface area contributed by atoms with Gasteiger partial charge >= 0.3 is 5.97 Å². The lowest BCUT2D eigenvalue weighted by atomic mass is 9.38. The number of aliphatic hydroxyl groups excluding tert-OH is 2. The van der Waals surface area contributed by atoms with Gasteiger partial charge in [-0.15, -0.1) is 0 Å². The maximum atomic E-state index is 14.3. The van der Waals surface area contributed by atoms with Gasteiger partial charge in [0, 0.05) is 30.1 Å². The van der Waals surface area contributed by atoms with Gasteiger partial charge in [0.15, 0.2) is 11.6 Å². The predicted molar refractivity (Wildman–Crippen MR) is 148 cm³/mol. The molecule has 8 nitrogen and oxygen atoms in total. The smallest absolute Gasteiger partial charge is 0.303 e. The molecule has 0 unspecified atom stereocenters. The van der Waals surface area contributed by atoms with Crippen molar-refractivity contribution < 1.29 is 39.2 Å². The minimum Gasteiger partial charge on any atom is -0.456 e. The van der Waals surface area contributed by atoms with E-state index in [0.717, 1.165) is 5.57 Å². The van der Waals surface area contributed by atoms with Crippen molar-refractivity contribution in [2.45, 2.75) is 111 Å². The van der Waals surface area contributed by atoms with Crippen LogP contribution >= 0.6 is 0 Å². The van der Waals surface area contributed by atoms with Gasteiger partial charge in [-0.2, -0.15) is 0 Å². The van der Waals surface area contributed by atoms with Crippen molar-refractivity contribution in [3.63, 3.8) is 0 Å². The zero-order chi connectivity index (χ0) is 30.4. The second-order valence-electron chi connectivity index (χ2n) is 14.8. The van der Waals surface area contributed by atoms with Gasteiger partial charge < -0.3 is 20.1 Å². The van der Waals surface area contributed by atoms with Gasteiger partial charge in [0.2, 0.25) is 0 Å². The second kappa shape index (κ2) is 9.17. The molecule has 3 N–H and O–H groups in total. The van der Waals surface area contributed by atoms with Gasteiger partial charge in [-0.25, -0.2) is 0 Å². The summed E-state index contributed by atoms with van der Waals surface area (Å²) in [4.78, 5) is 52.1. The van der Waals surface area contributed by atoms with E-state index in [1.165, 1.54) is 26.0 Å². The van der Waals surface area contributed by atoms with Crippen LogP contribution in [0.4, 0.5) is 0 Å².